The fraction of sp³-hybridized carbons (Fsp3) is 0.308. The molecule has 2 atom stereocenters. The Hall–Kier alpha value is -4.03. The number of hydrogen-bond acceptors (Lipinski definition) is 10. The van der Waals surface area contributed by atoms with Crippen LogP contribution in [0, 0.1) is 0 Å². The molecule has 2 aliphatic heterocycles. The molecule has 2 bridgehead atoms. The number of ether oxygens (including phenoxy) is 1. The summed E-state index contributed by atoms with van der Waals surface area (Å²) >= 11 is 0. The number of benzene rings is 1. The van der Waals surface area contributed by atoms with Crippen LogP contribution in [-0.2, 0) is 14.5 Å². The number of amides is 1. The van der Waals surface area contributed by atoms with Crippen molar-refractivity contribution in [1.29, 1.82) is 0 Å². The first kappa shape index (κ1) is 25.6. The molecule has 3 aromatic rings. The fourth-order valence-corrected chi connectivity index (χ4v) is 4.99. The second-order valence-corrected chi connectivity index (χ2v) is 11.9. The number of nitrogens with one attached hydrogen (secondary N) is 3. The standard InChI is InChI=1S/C26H30N8O3S/c1-4-12-27-25(35)21-14-28-26(32-24(21)31-22-6-5-7-23(30-22)33-38(2,3)36)29-17-8-10-18(11-9-17)34-15-20-13-19(34)16-37-20/h4-11,14,19-20H,1,12-13,15-16H2,2-3H3,(H,27,35)(H2,28,29,30,31,32)/t19-,20?/m0/s1. The maximum absolute atomic E-state index is 12.8. The zero-order valence-corrected chi connectivity index (χ0v) is 22.1. The average molecular weight is 535 g/mol. The Morgan fingerprint density at radius 2 is 2.03 bits per heavy atom. The van der Waals surface area contributed by atoms with Gasteiger partial charge in [-0.2, -0.15) is 9.35 Å². The maximum atomic E-state index is 12.8. The van der Waals surface area contributed by atoms with E-state index in [-0.39, 0.29) is 17.3 Å². The quantitative estimate of drug-likeness (QED) is 0.352. The number of carbonyl (C=O) groups is 1. The van der Waals surface area contributed by atoms with Gasteiger partial charge in [0.2, 0.25) is 5.95 Å². The second-order valence-electron chi connectivity index (χ2n) is 9.40. The Morgan fingerprint density at radius 3 is 2.71 bits per heavy atom. The summed E-state index contributed by atoms with van der Waals surface area (Å²) in [6.07, 6.45) is 7.52. The predicted molar refractivity (Wildman–Crippen MR) is 149 cm³/mol. The number of carbonyl (C=O) groups excluding carboxylic acids is 1. The Labute approximate surface area is 221 Å². The first-order chi connectivity index (χ1) is 18.3. The number of anilines is 5. The Kier molecular flexibility index (Phi) is 7.25. The SMILES string of the molecule is C=CCNC(=O)c1cnc(Nc2ccc(N3CC4C[C@H]3CO4)cc2)nc1Nc1cccc(N=S(C)(C)=O)n1. The van der Waals surface area contributed by atoms with E-state index < -0.39 is 9.73 Å². The van der Waals surface area contributed by atoms with Gasteiger partial charge in [0.1, 0.15) is 17.2 Å². The van der Waals surface area contributed by atoms with E-state index >= 15 is 0 Å². The molecule has 2 aromatic heterocycles. The van der Waals surface area contributed by atoms with E-state index in [2.05, 4.69) is 58.9 Å². The summed E-state index contributed by atoms with van der Waals surface area (Å²) in [7, 11) is -2.38. The molecule has 5 rings (SSSR count). The van der Waals surface area contributed by atoms with Gasteiger partial charge in [-0.05, 0) is 42.8 Å². The summed E-state index contributed by atoms with van der Waals surface area (Å²) in [4.78, 5) is 28.4. The first-order valence-electron chi connectivity index (χ1n) is 12.2. The summed E-state index contributed by atoms with van der Waals surface area (Å²) in [6, 6.07) is 13.6. The third-order valence-electron chi connectivity index (χ3n) is 6.09. The highest BCUT2D eigenvalue weighted by Crippen LogP contribution is 2.33. The lowest BCUT2D eigenvalue weighted by Crippen LogP contribution is -2.36. The minimum Gasteiger partial charge on any atom is -0.374 e. The summed E-state index contributed by atoms with van der Waals surface area (Å²) in [5, 5.41) is 9.03. The Bertz CT molecular complexity index is 1460. The van der Waals surface area contributed by atoms with Crippen LogP contribution in [0.1, 0.15) is 16.8 Å². The van der Waals surface area contributed by atoms with Crippen molar-refractivity contribution in [2.24, 2.45) is 4.36 Å². The minimum atomic E-state index is -2.38. The van der Waals surface area contributed by atoms with Crippen LogP contribution in [0.15, 0.2) is 65.7 Å². The molecule has 2 saturated heterocycles. The average Bonchev–Trinajstić information content (AvgIpc) is 3.51. The smallest absolute Gasteiger partial charge is 0.256 e. The molecular formula is C26H30N8O3S. The fourth-order valence-electron chi connectivity index (χ4n) is 4.44. The molecule has 0 spiro atoms. The normalized spacial score (nSPS) is 18.2. The summed E-state index contributed by atoms with van der Waals surface area (Å²) in [6.45, 7) is 5.63. The highest BCUT2D eigenvalue weighted by atomic mass is 32.2. The molecule has 4 heterocycles. The third-order valence-corrected chi connectivity index (χ3v) is 6.72. The molecule has 1 unspecified atom stereocenters. The van der Waals surface area contributed by atoms with Gasteiger partial charge in [-0.1, -0.05) is 12.1 Å². The zero-order chi connectivity index (χ0) is 26.7. The second kappa shape index (κ2) is 10.8. The van der Waals surface area contributed by atoms with Crippen LogP contribution >= 0.6 is 0 Å². The lowest BCUT2D eigenvalue weighted by atomic mass is 10.2. The van der Waals surface area contributed by atoms with Crippen LogP contribution in [0.5, 0.6) is 0 Å². The first-order valence-corrected chi connectivity index (χ1v) is 14.5. The van der Waals surface area contributed by atoms with Gasteiger partial charge < -0.3 is 25.6 Å². The van der Waals surface area contributed by atoms with Gasteiger partial charge in [0, 0.05) is 52.9 Å². The number of pyridine rings is 1. The number of aromatic nitrogens is 3. The number of nitrogens with zero attached hydrogens (tertiary/aromatic N) is 5. The number of morpholine rings is 1. The monoisotopic (exact) mass is 534 g/mol. The van der Waals surface area contributed by atoms with Gasteiger partial charge in [0.05, 0.1) is 18.8 Å². The molecule has 1 aromatic carbocycles. The molecule has 0 aliphatic carbocycles. The highest BCUT2D eigenvalue weighted by molar-refractivity contribution is 7.92. The van der Waals surface area contributed by atoms with Crippen molar-refractivity contribution in [3.05, 3.63) is 66.9 Å². The molecule has 3 N–H and O–H groups in total. The van der Waals surface area contributed by atoms with E-state index in [4.69, 9.17) is 4.74 Å². The largest absolute Gasteiger partial charge is 0.374 e. The van der Waals surface area contributed by atoms with E-state index in [0.717, 1.165) is 30.9 Å². The van der Waals surface area contributed by atoms with E-state index in [1.54, 1.807) is 24.3 Å². The molecule has 0 saturated carbocycles. The lowest BCUT2D eigenvalue weighted by Gasteiger charge is -2.29. The van der Waals surface area contributed by atoms with Gasteiger partial charge in [-0.15, -0.1) is 6.58 Å². The van der Waals surface area contributed by atoms with Crippen molar-refractivity contribution >= 4 is 50.4 Å². The molecular weight excluding hydrogens is 504 g/mol. The molecule has 1 amide bonds. The number of fused-ring (bicyclic) bond motifs is 2. The summed E-state index contributed by atoms with van der Waals surface area (Å²) in [5.74, 6) is 0.906. The van der Waals surface area contributed by atoms with Crippen LogP contribution in [0.2, 0.25) is 0 Å². The van der Waals surface area contributed by atoms with E-state index in [0.29, 0.717) is 36.3 Å². The van der Waals surface area contributed by atoms with Crippen LogP contribution in [0.4, 0.5) is 34.8 Å². The molecule has 198 valence electrons. The predicted octanol–water partition coefficient (Wildman–Crippen LogP) is 3.61. The maximum Gasteiger partial charge on any atom is 0.256 e. The van der Waals surface area contributed by atoms with E-state index in [9.17, 15) is 9.00 Å². The van der Waals surface area contributed by atoms with Gasteiger partial charge in [-0.3, -0.25) is 4.79 Å². The van der Waals surface area contributed by atoms with Crippen molar-refractivity contribution in [3.63, 3.8) is 0 Å². The van der Waals surface area contributed by atoms with Gasteiger partial charge in [0.15, 0.2) is 5.82 Å². The number of rotatable bonds is 9. The Morgan fingerprint density at radius 1 is 1.21 bits per heavy atom. The van der Waals surface area contributed by atoms with Crippen LogP contribution < -0.4 is 20.9 Å². The molecule has 2 fully saturated rings. The van der Waals surface area contributed by atoms with E-state index in [1.807, 2.05) is 12.1 Å². The minimum absolute atomic E-state index is 0.234. The molecule has 0 radical (unpaired) electrons. The molecule has 12 heteroatoms. The van der Waals surface area contributed by atoms with Crippen molar-refractivity contribution in [2.45, 2.75) is 18.6 Å². The third kappa shape index (κ3) is 6.09. The molecule has 38 heavy (non-hydrogen) atoms. The Balaban J connectivity index is 1.38. The highest BCUT2D eigenvalue weighted by Gasteiger charge is 2.38. The molecule has 2 aliphatic rings. The summed E-state index contributed by atoms with van der Waals surface area (Å²) < 4.78 is 21.9. The van der Waals surface area contributed by atoms with Gasteiger partial charge in [0.25, 0.3) is 5.91 Å². The van der Waals surface area contributed by atoms with Gasteiger partial charge in [-0.25, -0.2) is 14.2 Å². The molecule has 11 nitrogen and oxygen atoms in total. The van der Waals surface area contributed by atoms with E-state index in [1.165, 1.54) is 18.7 Å². The van der Waals surface area contributed by atoms with Crippen molar-refractivity contribution in [3.8, 4) is 0 Å². The number of hydrogen-bond donors (Lipinski definition) is 3. The zero-order valence-electron chi connectivity index (χ0n) is 21.3. The van der Waals surface area contributed by atoms with Gasteiger partial charge >= 0.3 is 0 Å². The van der Waals surface area contributed by atoms with Crippen molar-refractivity contribution < 1.29 is 13.7 Å². The van der Waals surface area contributed by atoms with Crippen molar-refractivity contribution in [2.75, 3.05) is 47.7 Å². The van der Waals surface area contributed by atoms with Crippen LogP contribution in [0.3, 0.4) is 0 Å². The lowest BCUT2D eigenvalue weighted by molar-refractivity contribution is 0.0958. The summed E-state index contributed by atoms with van der Waals surface area (Å²) in [5.41, 5.74) is 2.20. The van der Waals surface area contributed by atoms with Crippen LogP contribution in [-0.4, -0.2) is 69.4 Å². The van der Waals surface area contributed by atoms with Crippen LogP contribution in [0.25, 0.3) is 0 Å². The topological polar surface area (TPSA) is 134 Å². The van der Waals surface area contributed by atoms with Crippen molar-refractivity contribution in [1.82, 2.24) is 20.3 Å².